The third-order valence-corrected chi connectivity index (χ3v) is 3.86. The van der Waals surface area contributed by atoms with Crippen LogP contribution in [0.15, 0.2) is 51.8 Å². The highest BCUT2D eigenvalue weighted by molar-refractivity contribution is 7.90. The van der Waals surface area contributed by atoms with E-state index < -0.39 is 15.9 Å². The number of hydrogen-bond acceptors (Lipinski definition) is 4. The van der Waals surface area contributed by atoms with Gasteiger partial charge in [0.25, 0.3) is 10.0 Å². The summed E-state index contributed by atoms with van der Waals surface area (Å²) in [6, 6.07) is 10.8. The lowest BCUT2D eigenvalue weighted by atomic mass is 10.3. The zero-order chi connectivity index (χ0) is 13.9. The maximum Gasteiger partial charge on any atom is 0.300 e. The molecule has 0 atom stereocenters. The molecule has 0 aliphatic rings. The third kappa shape index (κ3) is 3.03. The molecular weight excluding hydrogens is 266 g/mol. The number of aryl methyl sites for hydroxylation is 1. The molecule has 19 heavy (non-hydrogen) atoms. The highest BCUT2D eigenvalue weighted by atomic mass is 32.2. The van der Waals surface area contributed by atoms with Gasteiger partial charge in [-0.25, -0.2) is 13.1 Å². The first-order chi connectivity index (χ1) is 9.03. The van der Waals surface area contributed by atoms with Crippen molar-refractivity contribution in [3.8, 4) is 0 Å². The van der Waals surface area contributed by atoms with E-state index in [4.69, 9.17) is 4.42 Å². The number of furan rings is 1. The van der Waals surface area contributed by atoms with Gasteiger partial charge in [-0.05, 0) is 24.3 Å². The standard InChI is InChI=1S/C13H13NO4S/c1-2-10-8-9-12(18-10)13(15)14-19(16,17)11-6-4-3-5-7-11/h3-9H,2H2,1H3,(H,14,15). The second kappa shape index (κ2) is 5.27. The molecule has 0 spiro atoms. The van der Waals surface area contributed by atoms with Gasteiger partial charge in [0.05, 0.1) is 4.90 Å². The number of benzene rings is 1. The van der Waals surface area contributed by atoms with E-state index in [0.717, 1.165) is 0 Å². The van der Waals surface area contributed by atoms with Gasteiger partial charge < -0.3 is 4.42 Å². The second-order valence-corrected chi connectivity index (χ2v) is 5.55. The summed E-state index contributed by atoms with van der Waals surface area (Å²) in [7, 11) is -3.86. The molecule has 0 unspecified atom stereocenters. The molecule has 1 heterocycles. The van der Waals surface area contributed by atoms with E-state index in [1.807, 2.05) is 11.6 Å². The number of amides is 1. The van der Waals surface area contributed by atoms with Gasteiger partial charge in [-0.15, -0.1) is 0 Å². The molecule has 0 saturated carbocycles. The van der Waals surface area contributed by atoms with E-state index in [-0.39, 0.29) is 10.7 Å². The normalized spacial score (nSPS) is 11.2. The Bertz CT molecular complexity index is 674. The summed E-state index contributed by atoms with van der Waals surface area (Å²) in [6.45, 7) is 1.88. The number of nitrogens with one attached hydrogen (secondary N) is 1. The van der Waals surface area contributed by atoms with E-state index in [9.17, 15) is 13.2 Å². The third-order valence-electron chi connectivity index (χ3n) is 2.51. The van der Waals surface area contributed by atoms with Gasteiger partial charge in [-0.1, -0.05) is 25.1 Å². The number of hydrogen-bond donors (Lipinski definition) is 1. The zero-order valence-electron chi connectivity index (χ0n) is 10.3. The Balaban J connectivity index is 2.19. The van der Waals surface area contributed by atoms with E-state index in [1.54, 1.807) is 24.3 Å². The molecule has 0 fully saturated rings. The highest BCUT2D eigenvalue weighted by Gasteiger charge is 2.20. The number of rotatable bonds is 4. The second-order valence-electron chi connectivity index (χ2n) is 3.87. The molecule has 5 nitrogen and oxygen atoms in total. The highest BCUT2D eigenvalue weighted by Crippen LogP contribution is 2.11. The Morgan fingerprint density at radius 3 is 2.42 bits per heavy atom. The quantitative estimate of drug-likeness (QED) is 0.928. The maximum atomic E-state index is 11.9. The van der Waals surface area contributed by atoms with Gasteiger partial charge in [0.1, 0.15) is 5.76 Å². The summed E-state index contributed by atoms with van der Waals surface area (Å²) in [6.07, 6.45) is 0.638. The van der Waals surface area contributed by atoms with Crippen molar-refractivity contribution < 1.29 is 17.6 Å². The van der Waals surface area contributed by atoms with Crippen LogP contribution in [0.3, 0.4) is 0 Å². The van der Waals surface area contributed by atoms with Crippen LogP contribution in [-0.2, 0) is 16.4 Å². The number of carbonyl (C=O) groups is 1. The summed E-state index contributed by atoms with van der Waals surface area (Å²) in [5.74, 6) is -0.165. The van der Waals surface area contributed by atoms with Crippen molar-refractivity contribution in [3.05, 3.63) is 54.0 Å². The first-order valence-corrected chi connectivity index (χ1v) is 7.22. The van der Waals surface area contributed by atoms with Crippen molar-refractivity contribution >= 4 is 15.9 Å². The topological polar surface area (TPSA) is 76.4 Å². The molecule has 1 aromatic heterocycles. The Labute approximate surface area is 111 Å². The van der Waals surface area contributed by atoms with Crippen LogP contribution in [0.5, 0.6) is 0 Å². The van der Waals surface area contributed by atoms with Gasteiger partial charge >= 0.3 is 5.91 Å². The maximum absolute atomic E-state index is 11.9. The van der Waals surface area contributed by atoms with Crippen molar-refractivity contribution in [3.63, 3.8) is 0 Å². The van der Waals surface area contributed by atoms with Gasteiger partial charge in [-0.3, -0.25) is 4.79 Å². The van der Waals surface area contributed by atoms with E-state index in [1.165, 1.54) is 18.2 Å². The van der Waals surface area contributed by atoms with Crippen molar-refractivity contribution in [2.45, 2.75) is 18.2 Å². The van der Waals surface area contributed by atoms with Crippen LogP contribution in [0, 0.1) is 0 Å². The lowest BCUT2D eigenvalue weighted by Gasteiger charge is -2.04. The predicted molar refractivity (Wildman–Crippen MR) is 69.2 cm³/mol. The summed E-state index contributed by atoms with van der Waals surface area (Å²) in [5, 5.41) is 0. The Kier molecular flexibility index (Phi) is 3.71. The molecular formula is C13H13NO4S. The Hall–Kier alpha value is -2.08. The summed E-state index contributed by atoms with van der Waals surface area (Å²) >= 11 is 0. The van der Waals surface area contributed by atoms with E-state index in [2.05, 4.69) is 0 Å². The average Bonchev–Trinajstić information content (AvgIpc) is 2.88. The fraction of sp³-hybridized carbons (Fsp3) is 0.154. The Morgan fingerprint density at radius 2 is 1.84 bits per heavy atom. The van der Waals surface area contributed by atoms with Crippen LogP contribution >= 0.6 is 0 Å². The summed E-state index contributed by atoms with van der Waals surface area (Å²) in [5.41, 5.74) is 0. The minimum absolute atomic E-state index is 0.0173. The van der Waals surface area contributed by atoms with Crippen LogP contribution in [-0.4, -0.2) is 14.3 Å². The molecule has 0 saturated heterocycles. The zero-order valence-corrected chi connectivity index (χ0v) is 11.1. The van der Waals surface area contributed by atoms with Crippen LogP contribution in [0.4, 0.5) is 0 Å². The molecule has 2 aromatic rings. The molecule has 1 aromatic carbocycles. The van der Waals surface area contributed by atoms with Gasteiger partial charge in [0.15, 0.2) is 5.76 Å². The summed E-state index contributed by atoms with van der Waals surface area (Å²) in [4.78, 5) is 11.8. The van der Waals surface area contributed by atoms with E-state index in [0.29, 0.717) is 12.2 Å². The SMILES string of the molecule is CCc1ccc(C(=O)NS(=O)(=O)c2ccccc2)o1. The monoisotopic (exact) mass is 279 g/mol. The van der Waals surface area contributed by atoms with Crippen LogP contribution in [0.25, 0.3) is 0 Å². The molecule has 100 valence electrons. The summed E-state index contributed by atoms with van der Waals surface area (Å²) < 4.78 is 31.0. The minimum atomic E-state index is -3.86. The smallest absolute Gasteiger partial charge is 0.300 e. The molecule has 1 N–H and O–H groups in total. The molecule has 0 bridgehead atoms. The molecule has 6 heteroatoms. The van der Waals surface area contributed by atoms with Crippen molar-refractivity contribution in [1.29, 1.82) is 0 Å². The fourth-order valence-corrected chi connectivity index (χ4v) is 2.50. The van der Waals surface area contributed by atoms with Gasteiger partial charge in [-0.2, -0.15) is 0 Å². The molecule has 0 aliphatic carbocycles. The Morgan fingerprint density at radius 1 is 1.16 bits per heavy atom. The van der Waals surface area contributed by atoms with Crippen LogP contribution in [0.2, 0.25) is 0 Å². The molecule has 1 amide bonds. The van der Waals surface area contributed by atoms with E-state index >= 15 is 0 Å². The van der Waals surface area contributed by atoms with Gasteiger partial charge in [0.2, 0.25) is 0 Å². The van der Waals surface area contributed by atoms with Crippen molar-refractivity contribution in [1.82, 2.24) is 4.72 Å². The molecule has 0 radical (unpaired) electrons. The van der Waals surface area contributed by atoms with Crippen molar-refractivity contribution in [2.24, 2.45) is 0 Å². The number of carbonyl (C=O) groups excluding carboxylic acids is 1. The lowest BCUT2D eigenvalue weighted by molar-refractivity contribution is 0.0953. The van der Waals surface area contributed by atoms with Crippen molar-refractivity contribution in [2.75, 3.05) is 0 Å². The van der Waals surface area contributed by atoms with Crippen LogP contribution < -0.4 is 4.72 Å². The minimum Gasteiger partial charge on any atom is -0.456 e. The number of sulfonamides is 1. The molecule has 2 rings (SSSR count). The first-order valence-electron chi connectivity index (χ1n) is 5.74. The lowest BCUT2D eigenvalue weighted by Crippen LogP contribution is -2.30. The fourth-order valence-electron chi connectivity index (χ4n) is 1.52. The average molecular weight is 279 g/mol. The first kappa shape index (κ1) is 13.4. The van der Waals surface area contributed by atoms with Gasteiger partial charge in [0, 0.05) is 6.42 Å². The predicted octanol–water partition coefficient (Wildman–Crippen LogP) is 1.96. The molecule has 0 aliphatic heterocycles. The van der Waals surface area contributed by atoms with Crippen LogP contribution in [0.1, 0.15) is 23.2 Å². The largest absolute Gasteiger partial charge is 0.456 e.